The van der Waals surface area contributed by atoms with Gasteiger partial charge in [0, 0.05) is 11.5 Å². The second kappa shape index (κ2) is 10.7. The van der Waals surface area contributed by atoms with Gasteiger partial charge in [0.2, 0.25) is 5.91 Å². The van der Waals surface area contributed by atoms with Gasteiger partial charge in [0.15, 0.2) is 23.1 Å². The average molecular weight is 487 g/mol. The second-order valence-corrected chi connectivity index (χ2v) is 7.79. The number of esters is 1. The van der Waals surface area contributed by atoms with Crippen molar-refractivity contribution >= 4 is 34.7 Å². The van der Waals surface area contributed by atoms with E-state index in [0.29, 0.717) is 17.3 Å². The van der Waals surface area contributed by atoms with Crippen molar-refractivity contribution in [2.45, 2.75) is 13.8 Å². The molecule has 2 heterocycles. The van der Waals surface area contributed by atoms with Crippen LogP contribution in [0.25, 0.3) is 22.8 Å². The second-order valence-electron chi connectivity index (χ2n) is 7.79. The number of amides is 1. The van der Waals surface area contributed by atoms with Gasteiger partial charge in [-0.3, -0.25) is 4.79 Å². The number of pyridine rings is 1. The van der Waals surface area contributed by atoms with Crippen LogP contribution in [0.4, 0.5) is 5.82 Å². The van der Waals surface area contributed by atoms with Crippen molar-refractivity contribution in [3.8, 4) is 17.3 Å². The van der Waals surface area contributed by atoms with Gasteiger partial charge in [-0.05, 0) is 55.3 Å². The minimum Gasteiger partial charge on any atom is -0.493 e. The number of aromatic nitrogens is 3. The number of methoxy groups -OCH3 is 2. The predicted octanol–water partition coefficient (Wildman–Crippen LogP) is 4.57. The van der Waals surface area contributed by atoms with Crippen LogP contribution < -0.4 is 14.8 Å². The maximum absolute atomic E-state index is 12.9. The monoisotopic (exact) mass is 486 g/mol. The van der Waals surface area contributed by atoms with Crippen LogP contribution in [0, 0.1) is 6.92 Å². The molecule has 36 heavy (non-hydrogen) atoms. The third-order valence-electron chi connectivity index (χ3n) is 5.47. The van der Waals surface area contributed by atoms with Crippen LogP contribution in [0.15, 0.2) is 60.8 Å². The summed E-state index contributed by atoms with van der Waals surface area (Å²) in [6.45, 7) is 3.86. The third kappa shape index (κ3) is 5.05. The molecule has 0 atom stereocenters. The number of aryl methyl sites for hydroxylation is 1. The number of anilines is 1. The summed E-state index contributed by atoms with van der Waals surface area (Å²) in [6, 6.07) is 14.9. The summed E-state index contributed by atoms with van der Waals surface area (Å²) in [5.74, 6) is 0.689. The number of carbonyl (C=O) groups is 2. The lowest BCUT2D eigenvalue weighted by atomic mass is 10.1. The van der Waals surface area contributed by atoms with Gasteiger partial charge in [-0.1, -0.05) is 24.3 Å². The zero-order valence-corrected chi connectivity index (χ0v) is 20.4. The van der Waals surface area contributed by atoms with Gasteiger partial charge in [0.05, 0.1) is 32.5 Å². The van der Waals surface area contributed by atoms with Crippen molar-refractivity contribution in [1.29, 1.82) is 0 Å². The largest absolute Gasteiger partial charge is 0.493 e. The zero-order valence-electron chi connectivity index (χ0n) is 20.4. The normalized spacial score (nSPS) is 11.0. The Morgan fingerprint density at radius 1 is 1.06 bits per heavy atom. The van der Waals surface area contributed by atoms with E-state index in [1.807, 2.05) is 37.3 Å². The lowest BCUT2D eigenvalue weighted by Gasteiger charge is -2.11. The minimum atomic E-state index is -0.597. The summed E-state index contributed by atoms with van der Waals surface area (Å²) in [6.07, 6.45) is 4.34. The molecule has 4 aromatic rings. The SMILES string of the molecule is CCOC(=O)c1cnn(-c2cc(C)c3ccccc3n2)c1NC(=O)/C=C/c1ccc(OC)c(OC)c1. The number of para-hydroxylation sites is 1. The van der Waals surface area contributed by atoms with Crippen LogP contribution in [0.1, 0.15) is 28.4 Å². The Hall–Kier alpha value is -4.66. The smallest absolute Gasteiger partial charge is 0.343 e. The van der Waals surface area contributed by atoms with Gasteiger partial charge in [0.25, 0.3) is 0 Å². The van der Waals surface area contributed by atoms with Crippen molar-refractivity contribution < 1.29 is 23.8 Å². The molecule has 2 aromatic heterocycles. The molecule has 0 unspecified atom stereocenters. The topological polar surface area (TPSA) is 105 Å². The average Bonchev–Trinajstić information content (AvgIpc) is 3.30. The van der Waals surface area contributed by atoms with Crippen molar-refractivity contribution in [3.05, 3.63) is 77.5 Å². The number of fused-ring (bicyclic) bond motifs is 1. The van der Waals surface area contributed by atoms with Crippen molar-refractivity contribution in [1.82, 2.24) is 14.8 Å². The van der Waals surface area contributed by atoms with E-state index in [0.717, 1.165) is 22.0 Å². The van der Waals surface area contributed by atoms with Crippen LogP contribution in [-0.2, 0) is 9.53 Å². The number of nitrogens with one attached hydrogen (secondary N) is 1. The van der Waals surface area contributed by atoms with Gasteiger partial charge in [-0.2, -0.15) is 9.78 Å². The van der Waals surface area contributed by atoms with Crippen LogP contribution in [0.2, 0.25) is 0 Å². The number of rotatable bonds is 8. The highest BCUT2D eigenvalue weighted by Crippen LogP contribution is 2.28. The van der Waals surface area contributed by atoms with E-state index in [9.17, 15) is 9.59 Å². The van der Waals surface area contributed by atoms with Crippen LogP contribution in [0.5, 0.6) is 11.5 Å². The van der Waals surface area contributed by atoms with Gasteiger partial charge in [-0.15, -0.1) is 0 Å². The number of nitrogens with zero attached hydrogens (tertiary/aromatic N) is 3. The molecule has 4 rings (SSSR count). The molecule has 2 aromatic carbocycles. The zero-order chi connectivity index (χ0) is 25.7. The Labute approximate surface area is 208 Å². The van der Waals surface area contributed by atoms with E-state index in [1.54, 1.807) is 45.4 Å². The molecule has 0 radical (unpaired) electrons. The molecule has 0 bridgehead atoms. The molecule has 9 heteroatoms. The highest BCUT2D eigenvalue weighted by Gasteiger charge is 2.22. The molecule has 0 saturated carbocycles. The van der Waals surface area contributed by atoms with Gasteiger partial charge >= 0.3 is 5.97 Å². The Balaban J connectivity index is 1.68. The molecule has 0 aliphatic carbocycles. The molecule has 1 N–H and O–H groups in total. The summed E-state index contributed by atoms with van der Waals surface area (Å²) < 4.78 is 17.1. The van der Waals surface area contributed by atoms with Gasteiger partial charge in [-0.25, -0.2) is 9.78 Å². The summed E-state index contributed by atoms with van der Waals surface area (Å²) in [5.41, 5.74) is 2.60. The Kier molecular flexibility index (Phi) is 7.29. The summed E-state index contributed by atoms with van der Waals surface area (Å²) in [5, 5.41) is 8.10. The van der Waals surface area contributed by atoms with E-state index in [1.165, 1.54) is 17.0 Å². The van der Waals surface area contributed by atoms with Gasteiger partial charge in [0.1, 0.15) is 5.56 Å². The van der Waals surface area contributed by atoms with E-state index in [2.05, 4.69) is 15.4 Å². The Morgan fingerprint density at radius 3 is 2.58 bits per heavy atom. The molecule has 184 valence electrons. The van der Waals surface area contributed by atoms with Gasteiger partial charge < -0.3 is 19.5 Å². The third-order valence-corrected chi connectivity index (χ3v) is 5.47. The predicted molar refractivity (Wildman–Crippen MR) is 137 cm³/mol. The number of hydrogen-bond donors (Lipinski definition) is 1. The lowest BCUT2D eigenvalue weighted by molar-refractivity contribution is -0.111. The van der Waals surface area contributed by atoms with E-state index in [4.69, 9.17) is 14.2 Å². The molecule has 0 aliphatic heterocycles. The van der Waals surface area contributed by atoms with Crippen molar-refractivity contribution in [3.63, 3.8) is 0 Å². The highest BCUT2D eigenvalue weighted by molar-refractivity contribution is 6.06. The molecule has 9 nitrogen and oxygen atoms in total. The summed E-state index contributed by atoms with van der Waals surface area (Å²) in [4.78, 5) is 30.2. The maximum Gasteiger partial charge on any atom is 0.343 e. The number of ether oxygens (including phenoxy) is 3. The summed E-state index contributed by atoms with van der Waals surface area (Å²) >= 11 is 0. The van der Waals surface area contributed by atoms with E-state index >= 15 is 0 Å². The molecule has 0 aliphatic rings. The number of carbonyl (C=O) groups excluding carboxylic acids is 2. The standard InChI is InChI=1S/C27H26N4O5/c1-5-36-27(33)20-16-28-31(24-14-17(2)19-8-6-7-9-21(19)29-24)26(20)30-25(32)13-11-18-10-12-22(34-3)23(15-18)35-4/h6-16H,5H2,1-4H3,(H,30,32)/b13-11+. The van der Waals surface area contributed by atoms with E-state index < -0.39 is 11.9 Å². The maximum atomic E-state index is 12.9. The lowest BCUT2D eigenvalue weighted by Crippen LogP contribution is -2.16. The summed E-state index contributed by atoms with van der Waals surface area (Å²) in [7, 11) is 3.09. The van der Waals surface area contributed by atoms with Crippen LogP contribution in [0.3, 0.4) is 0 Å². The Bertz CT molecular complexity index is 1460. The fourth-order valence-electron chi connectivity index (χ4n) is 3.73. The number of benzene rings is 2. The molecule has 1 amide bonds. The minimum absolute atomic E-state index is 0.123. The first-order chi connectivity index (χ1) is 17.4. The molecular formula is C27H26N4O5. The van der Waals surface area contributed by atoms with E-state index in [-0.39, 0.29) is 18.0 Å². The first kappa shape index (κ1) is 24.5. The molecule has 0 saturated heterocycles. The van der Waals surface area contributed by atoms with Crippen molar-refractivity contribution in [2.75, 3.05) is 26.1 Å². The molecule has 0 spiro atoms. The van der Waals surface area contributed by atoms with Crippen LogP contribution >= 0.6 is 0 Å². The quantitative estimate of drug-likeness (QED) is 0.287. The Morgan fingerprint density at radius 2 is 1.83 bits per heavy atom. The number of hydrogen-bond acceptors (Lipinski definition) is 7. The molecular weight excluding hydrogens is 460 g/mol. The first-order valence-electron chi connectivity index (χ1n) is 11.3. The van der Waals surface area contributed by atoms with Crippen LogP contribution in [-0.4, -0.2) is 47.5 Å². The first-order valence-corrected chi connectivity index (χ1v) is 11.3. The van der Waals surface area contributed by atoms with Crippen molar-refractivity contribution in [2.24, 2.45) is 0 Å². The fourth-order valence-corrected chi connectivity index (χ4v) is 3.73. The molecule has 0 fully saturated rings. The fraction of sp³-hybridized carbons (Fsp3) is 0.185. The highest BCUT2D eigenvalue weighted by atomic mass is 16.5.